The van der Waals surface area contributed by atoms with Crippen molar-refractivity contribution in [2.24, 2.45) is 5.92 Å². The van der Waals surface area contributed by atoms with Crippen molar-refractivity contribution in [2.45, 2.75) is 84.6 Å². The lowest BCUT2D eigenvalue weighted by molar-refractivity contribution is 0.0212. The Kier molecular flexibility index (Phi) is 7.13. The quantitative estimate of drug-likeness (QED) is 0.791. The van der Waals surface area contributed by atoms with Crippen LogP contribution >= 0.6 is 0 Å². The molecule has 0 aromatic carbocycles. The van der Waals surface area contributed by atoms with Gasteiger partial charge in [0.25, 0.3) is 0 Å². The van der Waals surface area contributed by atoms with E-state index in [9.17, 15) is 9.90 Å². The van der Waals surface area contributed by atoms with Crippen molar-refractivity contribution in [1.82, 2.24) is 10.2 Å². The highest BCUT2D eigenvalue weighted by Gasteiger charge is 2.32. The largest absolute Gasteiger partial charge is 0.444 e. The first-order valence-corrected chi connectivity index (χ1v) is 8.51. The van der Waals surface area contributed by atoms with Crippen LogP contribution in [0.1, 0.15) is 60.8 Å². The maximum Gasteiger partial charge on any atom is 0.410 e. The van der Waals surface area contributed by atoms with Crippen LogP contribution in [-0.2, 0) is 4.74 Å². The van der Waals surface area contributed by atoms with Crippen LogP contribution in [0.3, 0.4) is 0 Å². The Labute approximate surface area is 135 Å². The molecular weight excluding hydrogens is 280 g/mol. The monoisotopic (exact) mass is 314 g/mol. The van der Waals surface area contributed by atoms with Gasteiger partial charge in [-0.25, -0.2) is 4.79 Å². The fraction of sp³-hybridized carbons (Fsp3) is 0.941. The summed E-state index contributed by atoms with van der Waals surface area (Å²) in [5.41, 5.74) is -0.449. The van der Waals surface area contributed by atoms with Crippen molar-refractivity contribution in [3.05, 3.63) is 0 Å². The summed E-state index contributed by atoms with van der Waals surface area (Å²) in [7, 11) is 0. The second-order valence-electron chi connectivity index (χ2n) is 7.83. The Morgan fingerprint density at radius 1 is 1.36 bits per heavy atom. The molecule has 2 N–H and O–H groups in total. The normalized spacial score (nSPS) is 22.0. The maximum atomic E-state index is 12.3. The van der Waals surface area contributed by atoms with Crippen LogP contribution in [0.4, 0.5) is 4.79 Å². The third kappa shape index (κ3) is 6.53. The summed E-state index contributed by atoms with van der Waals surface area (Å²) >= 11 is 0. The molecule has 0 aliphatic carbocycles. The molecule has 1 aliphatic heterocycles. The predicted octanol–water partition coefficient (Wildman–Crippen LogP) is 2.77. The number of carbonyl (C=O) groups excluding carboxylic acids is 1. The van der Waals surface area contributed by atoms with Crippen molar-refractivity contribution in [1.29, 1.82) is 0 Å². The number of aliphatic hydroxyl groups is 1. The van der Waals surface area contributed by atoms with E-state index in [1.165, 1.54) is 0 Å². The molecule has 130 valence electrons. The molecule has 1 amide bonds. The van der Waals surface area contributed by atoms with Crippen molar-refractivity contribution in [3.8, 4) is 0 Å². The molecule has 1 rings (SSSR count). The van der Waals surface area contributed by atoms with Crippen molar-refractivity contribution < 1.29 is 14.6 Å². The Morgan fingerprint density at radius 2 is 2.00 bits per heavy atom. The van der Waals surface area contributed by atoms with Crippen molar-refractivity contribution in [2.75, 3.05) is 13.1 Å². The van der Waals surface area contributed by atoms with Crippen LogP contribution in [-0.4, -0.2) is 53.0 Å². The third-order valence-corrected chi connectivity index (χ3v) is 4.08. The van der Waals surface area contributed by atoms with Gasteiger partial charge in [0.15, 0.2) is 0 Å². The summed E-state index contributed by atoms with van der Waals surface area (Å²) in [5, 5.41) is 13.2. The van der Waals surface area contributed by atoms with Crippen molar-refractivity contribution in [3.63, 3.8) is 0 Å². The van der Waals surface area contributed by atoms with Gasteiger partial charge in [-0.1, -0.05) is 13.8 Å². The van der Waals surface area contributed by atoms with Gasteiger partial charge in [0, 0.05) is 25.2 Å². The van der Waals surface area contributed by atoms with E-state index in [1.54, 1.807) is 0 Å². The number of hydrogen-bond donors (Lipinski definition) is 2. The van der Waals surface area contributed by atoms with E-state index in [1.807, 2.05) is 39.5 Å². The number of ether oxygens (including phenoxy) is 1. The maximum absolute atomic E-state index is 12.3. The highest BCUT2D eigenvalue weighted by molar-refractivity contribution is 5.68. The van der Waals surface area contributed by atoms with Gasteiger partial charge in [0.1, 0.15) is 5.60 Å². The molecule has 0 saturated carbocycles. The molecule has 1 saturated heterocycles. The molecule has 5 nitrogen and oxygen atoms in total. The molecule has 22 heavy (non-hydrogen) atoms. The fourth-order valence-electron chi connectivity index (χ4n) is 2.69. The number of nitrogens with zero attached hydrogens (tertiary/aromatic N) is 1. The highest BCUT2D eigenvalue weighted by Crippen LogP contribution is 2.24. The Hall–Kier alpha value is -0.810. The molecule has 0 aromatic heterocycles. The topological polar surface area (TPSA) is 61.8 Å². The second-order valence-corrected chi connectivity index (χ2v) is 7.83. The van der Waals surface area contributed by atoms with Gasteiger partial charge in [0.2, 0.25) is 0 Å². The van der Waals surface area contributed by atoms with E-state index < -0.39 is 5.60 Å². The summed E-state index contributed by atoms with van der Waals surface area (Å²) in [6.07, 6.45) is 2.42. The number of likely N-dealkylation sites (tertiary alicyclic amines) is 1. The molecule has 1 fully saturated rings. The molecule has 3 atom stereocenters. The minimum absolute atomic E-state index is 0.204. The van der Waals surface area contributed by atoms with E-state index in [0.29, 0.717) is 6.54 Å². The van der Waals surface area contributed by atoms with Gasteiger partial charge in [0.05, 0.1) is 6.10 Å². The first-order valence-electron chi connectivity index (χ1n) is 8.51. The number of carbonyl (C=O) groups is 1. The van der Waals surface area contributed by atoms with Crippen LogP contribution in [0.2, 0.25) is 0 Å². The van der Waals surface area contributed by atoms with Crippen LogP contribution in [0, 0.1) is 5.92 Å². The molecule has 3 unspecified atom stereocenters. The first-order chi connectivity index (χ1) is 10.1. The molecule has 0 radical (unpaired) electrons. The number of aliphatic hydroxyl groups excluding tert-OH is 1. The Morgan fingerprint density at radius 3 is 2.55 bits per heavy atom. The van der Waals surface area contributed by atoms with Gasteiger partial charge in [-0.05, 0) is 52.9 Å². The van der Waals surface area contributed by atoms with E-state index in [2.05, 4.69) is 12.2 Å². The van der Waals surface area contributed by atoms with Gasteiger partial charge in [-0.15, -0.1) is 0 Å². The zero-order valence-corrected chi connectivity index (χ0v) is 15.1. The summed E-state index contributed by atoms with van der Waals surface area (Å²) in [6.45, 7) is 13.2. The highest BCUT2D eigenvalue weighted by atomic mass is 16.6. The SMILES string of the molecule is CC(CC1CCCN1C(=O)OC(C)(C)C)NCC(O)C(C)C. The molecule has 5 heteroatoms. The average molecular weight is 314 g/mol. The molecule has 0 spiro atoms. The molecule has 0 aromatic rings. The number of hydrogen-bond acceptors (Lipinski definition) is 4. The minimum atomic E-state index is -0.449. The average Bonchev–Trinajstić information content (AvgIpc) is 2.81. The first kappa shape index (κ1) is 19.2. The van der Waals surface area contributed by atoms with Crippen molar-refractivity contribution >= 4 is 6.09 Å². The molecule has 1 aliphatic rings. The fourth-order valence-corrected chi connectivity index (χ4v) is 2.69. The molecule has 0 bridgehead atoms. The third-order valence-electron chi connectivity index (χ3n) is 4.08. The molecule has 1 heterocycles. The lowest BCUT2D eigenvalue weighted by Crippen LogP contribution is -2.44. The Balaban J connectivity index is 2.44. The van der Waals surface area contributed by atoms with Gasteiger partial charge in [-0.2, -0.15) is 0 Å². The van der Waals surface area contributed by atoms with E-state index >= 15 is 0 Å². The zero-order valence-electron chi connectivity index (χ0n) is 15.1. The number of rotatable bonds is 6. The predicted molar refractivity (Wildman–Crippen MR) is 88.9 cm³/mol. The minimum Gasteiger partial charge on any atom is -0.444 e. The van der Waals surface area contributed by atoms with Gasteiger partial charge >= 0.3 is 6.09 Å². The smallest absolute Gasteiger partial charge is 0.410 e. The molecular formula is C17H34N2O3. The summed E-state index contributed by atoms with van der Waals surface area (Å²) in [5.74, 6) is 0.254. The van der Waals surface area contributed by atoms with Crippen LogP contribution in [0.15, 0.2) is 0 Å². The van der Waals surface area contributed by atoms with E-state index in [4.69, 9.17) is 4.74 Å². The van der Waals surface area contributed by atoms with Gasteiger partial charge < -0.3 is 20.1 Å². The van der Waals surface area contributed by atoms with Crippen LogP contribution < -0.4 is 5.32 Å². The van der Waals surface area contributed by atoms with E-state index in [-0.39, 0.29) is 30.2 Å². The summed E-state index contributed by atoms with van der Waals surface area (Å²) in [6, 6.07) is 0.495. The van der Waals surface area contributed by atoms with E-state index in [0.717, 1.165) is 25.8 Å². The van der Waals surface area contributed by atoms with Crippen LogP contribution in [0.25, 0.3) is 0 Å². The summed E-state index contributed by atoms with van der Waals surface area (Å²) < 4.78 is 5.49. The number of amides is 1. The lowest BCUT2D eigenvalue weighted by atomic mass is 10.0. The summed E-state index contributed by atoms with van der Waals surface area (Å²) in [4.78, 5) is 14.1. The second kappa shape index (κ2) is 8.16. The number of nitrogens with one attached hydrogen (secondary N) is 1. The van der Waals surface area contributed by atoms with Crippen LogP contribution in [0.5, 0.6) is 0 Å². The standard InChI is InChI=1S/C17H34N2O3/c1-12(2)15(20)11-18-13(3)10-14-8-7-9-19(14)16(21)22-17(4,5)6/h12-15,18,20H,7-11H2,1-6H3. The van der Waals surface area contributed by atoms with Gasteiger partial charge in [-0.3, -0.25) is 0 Å². The lowest BCUT2D eigenvalue weighted by Gasteiger charge is -2.30. The zero-order chi connectivity index (χ0) is 16.9. The Bertz CT molecular complexity index is 352.